The number of imidazole rings is 1. The molecule has 1 aliphatic carbocycles. The van der Waals surface area contributed by atoms with E-state index < -0.39 is 24.3 Å². The maximum Gasteiger partial charge on any atom is 0.320 e. The van der Waals surface area contributed by atoms with Crippen LogP contribution >= 0.6 is 0 Å². The van der Waals surface area contributed by atoms with Crippen molar-refractivity contribution in [3.05, 3.63) is 71.6 Å². The van der Waals surface area contributed by atoms with Crippen molar-refractivity contribution in [1.82, 2.24) is 23.8 Å². The molecule has 206 valence electrons. The molecule has 1 saturated heterocycles. The van der Waals surface area contributed by atoms with Gasteiger partial charge in [-0.2, -0.15) is 0 Å². The molecule has 0 saturated carbocycles. The Balaban J connectivity index is 1.30. The molecule has 1 aromatic carbocycles. The number of pyridine rings is 1. The van der Waals surface area contributed by atoms with Gasteiger partial charge in [0.05, 0.1) is 24.0 Å². The zero-order valence-corrected chi connectivity index (χ0v) is 21.9. The second-order valence-corrected chi connectivity index (χ2v) is 11.0. The van der Waals surface area contributed by atoms with Gasteiger partial charge in [-0.1, -0.05) is 6.07 Å². The van der Waals surface area contributed by atoms with Gasteiger partial charge in [0, 0.05) is 67.9 Å². The van der Waals surface area contributed by atoms with Crippen molar-refractivity contribution in [2.45, 2.75) is 51.1 Å². The first kappa shape index (κ1) is 24.9. The van der Waals surface area contributed by atoms with Crippen LogP contribution < -0.4 is 0 Å². The summed E-state index contributed by atoms with van der Waals surface area (Å²) in [6.07, 6.45) is 7.17. The number of hydrogen-bond donors (Lipinski definition) is 0. The van der Waals surface area contributed by atoms with Crippen molar-refractivity contribution in [3.63, 3.8) is 0 Å². The van der Waals surface area contributed by atoms with Crippen LogP contribution in [0, 0.1) is 5.82 Å². The molecule has 4 aromatic rings. The number of urea groups is 1. The van der Waals surface area contributed by atoms with E-state index in [1.807, 2.05) is 39.6 Å². The molecular weight excluding hydrogens is 519 g/mol. The Morgan fingerprint density at radius 3 is 2.77 bits per heavy atom. The highest BCUT2D eigenvalue weighted by Crippen LogP contribution is 2.42. The van der Waals surface area contributed by atoms with Crippen molar-refractivity contribution in [2.24, 2.45) is 0 Å². The maximum atomic E-state index is 15.1. The average molecular weight is 548 g/mol. The van der Waals surface area contributed by atoms with Gasteiger partial charge in [-0.25, -0.2) is 22.9 Å². The minimum absolute atomic E-state index is 0.00157. The summed E-state index contributed by atoms with van der Waals surface area (Å²) in [6, 6.07) is 8.12. The van der Waals surface area contributed by atoms with E-state index in [0.717, 1.165) is 22.4 Å². The van der Waals surface area contributed by atoms with E-state index >= 15 is 4.39 Å². The molecule has 1 fully saturated rings. The van der Waals surface area contributed by atoms with E-state index in [-0.39, 0.29) is 31.8 Å². The van der Waals surface area contributed by atoms with Crippen LogP contribution in [0.25, 0.3) is 27.7 Å². The van der Waals surface area contributed by atoms with Crippen LogP contribution in [0.1, 0.15) is 48.9 Å². The summed E-state index contributed by atoms with van der Waals surface area (Å²) in [5, 5.41) is 0.613. The van der Waals surface area contributed by atoms with Crippen molar-refractivity contribution in [1.29, 1.82) is 0 Å². The Morgan fingerprint density at radius 2 is 1.90 bits per heavy atom. The van der Waals surface area contributed by atoms with Crippen LogP contribution in [-0.2, 0) is 17.9 Å². The molecule has 0 spiro atoms. The van der Waals surface area contributed by atoms with Gasteiger partial charge in [0.15, 0.2) is 5.78 Å². The highest BCUT2D eigenvalue weighted by atomic mass is 19.3. The number of rotatable bonds is 2. The summed E-state index contributed by atoms with van der Waals surface area (Å²) in [5.41, 5.74) is 5.10. The molecule has 2 amide bonds. The van der Waals surface area contributed by atoms with Crippen molar-refractivity contribution in [2.75, 3.05) is 19.6 Å². The van der Waals surface area contributed by atoms with Crippen molar-refractivity contribution >= 4 is 39.5 Å². The number of fused-ring (bicyclic) bond motifs is 1. The van der Waals surface area contributed by atoms with E-state index in [2.05, 4.69) is 4.98 Å². The third kappa shape index (κ3) is 4.08. The predicted octanol–water partition coefficient (Wildman–Crippen LogP) is 5.76. The predicted molar refractivity (Wildman–Crippen MR) is 144 cm³/mol. The molecule has 0 bridgehead atoms. The smallest absolute Gasteiger partial charge is 0.320 e. The minimum atomic E-state index is -2.91. The largest absolute Gasteiger partial charge is 0.345 e. The molecule has 2 aliphatic heterocycles. The molecule has 3 aromatic heterocycles. The number of likely N-dealkylation sites (tertiary alicyclic amines) is 1. The normalized spacial score (nSPS) is 19.5. The average Bonchev–Trinajstić information content (AvgIpc) is 3.54. The number of hydrogen-bond acceptors (Lipinski definition) is 3. The lowest BCUT2D eigenvalue weighted by atomic mass is 9.98. The Kier molecular flexibility index (Phi) is 5.76. The van der Waals surface area contributed by atoms with Crippen LogP contribution in [-0.4, -0.2) is 61.1 Å². The molecule has 0 N–H and O–H groups in total. The van der Waals surface area contributed by atoms with Gasteiger partial charge in [-0.05, 0) is 54.7 Å². The number of amides is 2. The molecule has 0 atom stereocenters. The number of alkyl halides is 2. The quantitative estimate of drug-likeness (QED) is 0.321. The number of halogens is 3. The maximum absolute atomic E-state index is 15.1. The molecular formula is C30H28F3N5O2. The van der Waals surface area contributed by atoms with Crippen LogP contribution in [0.4, 0.5) is 18.0 Å². The summed E-state index contributed by atoms with van der Waals surface area (Å²) in [6.45, 7) is 0.471. The number of aromatic nitrogens is 3. The first-order valence-electron chi connectivity index (χ1n) is 13.7. The fraction of sp³-hybridized carbons (Fsp3) is 0.367. The zero-order chi connectivity index (χ0) is 27.6. The third-order valence-electron chi connectivity index (χ3n) is 8.35. The standard InChI is InChI=1S/C30H28F3N5O2/c31-20-13-19-16-36(29(40)37-9-4-2-8-30(32,33)18-37)12-11-35-17-23(22(14-20)28(19)35)27-21(6-7-25(27)39)24-15-34-26-5-1-3-10-38(24)26/h1,3,5,10,13-15,17H,2,4,6-9,11-12,16,18H2. The van der Waals surface area contributed by atoms with Crippen LogP contribution in [0.15, 0.2) is 48.9 Å². The van der Waals surface area contributed by atoms with Gasteiger partial charge in [0.2, 0.25) is 0 Å². The van der Waals surface area contributed by atoms with Crippen LogP contribution in [0.2, 0.25) is 0 Å². The molecule has 0 radical (unpaired) electrons. The van der Waals surface area contributed by atoms with E-state index in [4.69, 9.17) is 0 Å². The molecule has 5 heterocycles. The fourth-order valence-corrected chi connectivity index (χ4v) is 6.53. The molecule has 40 heavy (non-hydrogen) atoms. The summed E-state index contributed by atoms with van der Waals surface area (Å²) in [5.74, 6) is -3.38. The van der Waals surface area contributed by atoms with Crippen LogP contribution in [0.5, 0.6) is 0 Å². The lowest BCUT2D eigenvalue weighted by molar-refractivity contribution is -0.113. The fourth-order valence-electron chi connectivity index (χ4n) is 6.53. The second kappa shape index (κ2) is 9.25. The highest BCUT2D eigenvalue weighted by molar-refractivity contribution is 6.33. The zero-order valence-electron chi connectivity index (χ0n) is 21.9. The highest BCUT2D eigenvalue weighted by Gasteiger charge is 2.37. The van der Waals surface area contributed by atoms with E-state index in [9.17, 15) is 18.4 Å². The monoisotopic (exact) mass is 547 g/mol. The molecule has 7 nitrogen and oxygen atoms in total. The Hall–Kier alpha value is -4.08. The summed E-state index contributed by atoms with van der Waals surface area (Å²) in [4.78, 5) is 33.9. The Morgan fingerprint density at radius 1 is 1.02 bits per heavy atom. The topological polar surface area (TPSA) is 62.9 Å². The van der Waals surface area contributed by atoms with Gasteiger partial charge in [-0.3, -0.25) is 9.20 Å². The SMILES string of the molecule is O=C1CCC(c2cnc3ccccn23)=C1c1cn2c3c(cc(F)cc13)CN(C(=O)N1CCCCC(F)(F)C1)CC2. The Labute approximate surface area is 228 Å². The number of ketones is 1. The summed E-state index contributed by atoms with van der Waals surface area (Å²) >= 11 is 0. The van der Waals surface area contributed by atoms with E-state index in [0.29, 0.717) is 54.3 Å². The van der Waals surface area contributed by atoms with E-state index in [1.54, 1.807) is 6.20 Å². The van der Waals surface area contributed by atoms with Crippen molar-refractivity contribution in [3.8, 4) is 0 Å². The molecule has 10 heteroatoms. The number of nitrogens with zero attached hydrogens (tertiary/aromatic N) is 5. The summed E-state index contributed by atoms with van der Waals surface area (Å²) in [7, 11) is 0. The van der Waals surface area contributed by atoms with Crippen LogP contribution in [0.3, 0.4) is 0 Å². The van der Waals surface area contributed by atoms with Gasteiger partial charge in [0.25, 0.3) is 5.92 Å². The number of Topliss-reactive ketones (excluding diaryl/α,β-unsaturated/α-hetero) is 1. The molecule has 3 aliphatic rings. The molecule has 0 unspecified atom stereocenters. The van der Waals surface area contributed by atoms with Gasteiger partial charge in [-0.15, -0.1) is 0 Å². The number of carbonyl (C=O) groups excluding carboxylic acids is 2. The van der Waals surface area contributed by atoms with Crippen molar-refractivity contribution < 1.29 is 22.8 Å². The van der Waals surface area contributed by atoms with E-state index in [1.165, 1.54) is 21.9 Å². The summed E-state index contributed by atoms with van der Waals surface area (Å²) < 4.78 is 47.5. The Bertz CT molecular complexity index is 1720. The number of benzene rings is 1. The minimum Gasteiger partial charge on any atom is -0.345 e. The van der Waals surface area contributed by atoms with Gasteiger partial charge < -0.3 is 14.4 Å². The number of carbonyl (C=O) groups is 2. The number of allylic oxidation sites excluding steroid dienone is 2. The lowest BCUT2D eigenvalue weighted by Gasteiger charge is -2.30. The van der Waals surface area contributed by atoms with Gasteiger partial charge in [0.1, 0.15) is 11.5 Å². The third-order valence-corrected chi connectivity index (χ3v) is 8.35. The molecule has 7 rings (SSSR count). The lowest BCUT2D eigenvalue weighted by Crippen LogP contribution is -2.47. The second-order valence-electron chi connectivity index (χ2n) is 11.0. The van der Waals surface area contributed by atoms with Gasteiger partial charge >= 0.3 is 6.03 Å². The first-order chi connectivity index (χ1) is 19.3. The first-order valence-corrected chi connectivity index (χ1v) is 13.7.